The van der Waals surface area contributed by atoms with Crippen LogP contribution >= 0.6 is 0 Å². The number of carbonyl (C=O) groups is 1. The minimum atomic E-state index is -1.83. The van der Waals surface area contributed by atoms with Gasteiger partial charge >= 0.3 is 6.16 Å². The Labute approximate surface area is 78.9 Å². The maximum atomic E-state index is 10.2. The highest BCUT2D eigenvalue weighted by molar-refractivity contribution is 5.80. The first-order valence-corrected chi connectivity index (χ1v) is 3.49. The van der Waals surface area contributed by atoms with Crippen LogP contribution in [-0.4, -0.2) is 16.4 Å². The van der Waals surface area contributed by atoms with Crippen molar-refractivity contribution < 1.29 is 23.8 Å². The Morgan fingerprint density at radius 2 is 1.50 bits per heavy atom. The van der Waals surface area contributed by atoms with Crippen molar-refractivity contribution in [2.24, 2.45) is 0 Å². The molecule has 2 rings (SSSR count). The predicted molar refractivity (Wildman–Crippen MR) is 47.4 cm³/mol. The van der Waals surface area contributed by atoms with Gasteiger partial charge in [0, 0.05) is 0 Å². The molecule has 0 bridgehead atoms. The molecular weight excluding hydrogens is 194 g/mol. The predicted octanol–water partition coefficient (Wildman–Crippen LogP) is 3.29. The van der Waals surface area contributed by atoms with Crippen LogP contribution in [0.1, 0.15) is 0 Å². The molecule has 0 unspecified atom stereocenters. The molecule has 2 N–H and O–H groups in total. The Balaban J connectivity index is 0.000000192. The summed E-state index contributed by atoms with van der Waals surface area (Å²) in [5.74, 6) is 0. The zero-order valence-electron chi connectivity index (χ0n) is 7.02. The van der Waals surface area contributed by atoms with Crippen molar-refractivity contribution in [3.8, 4) is 11.1 Å². The van der Waals surface area contributed by atoms with E-state index >= 15 is 0 Å². The first-order valence-electron chi connectivity index (χ1n) is 3.49. The number of carboxylic acid groups (broad SMARTS) is 2. The summed E-state index contributed by atoms with van der Waals surface area (Å²) in [5, 5.41) is 13.9. The van der Waals surface area contributed by atoms with E-state index in [0.717, 1.165) is 0 Å². The van der Waals surface area contributed by atoms with Gasteiger partial charge in [-0.05, 0) is 17.2 Å². The summed E-state index contributed by atoms with van der Waals surface area (Å²) in [5.41, 5.74) is 2.85. The second-order valence-electron chi connectivity index (χ2n) is 2.12. The van der Waals surface area contributed by atoms with Crippen molar-refractivity contribution in [3.63, 3.8) is 0 Å². The van der Waals surface area contributed by atoms with Crippen LogP contribution in [0.2, 0.25) is 0 Å². The van der Waals surface area contributed by atoms with E-state index < -0.39 is 6.16 Å². The molecule has 2 aliphatic rings. The number of rotatable bonds is 0. The van der Waals surface area contributed by atoms with Crippen LogP contribution in [0.25, 0.3) is 11.1 Å². The highest BCUT2D eigenvalue weighted by Gasteiger charge is 2.06. The lowest BCUT2D eigenvalue weighted by Gasteiger charge is -1.60. The number of hydrogen-bond acceptors (Lipinski definition) is 1. The normalized spacial score (nSPS) is 9.29. The van der Waals surface area contributed by atoms with Gasteiger partial charge in [0.25, 0.3) is 0 Å². The minimum Gasteiger partial charge on any atom is -0.450 e. The van der Waals surface area contributed by atoms with Crippen LogP contribution in [0, 0.1) is 0 Å². The third kappa shape index (κ3) is 6.78. The molecule has 0 fully saturated rings. The van der Waals surface area contributed by atoms with Gasteiger partial charge in [0.05, 0.1) is 0 Å². The molecule has 0 aromatic carbocycles. The molecule has 0 saturated heterocycles. The van der Waals surface area contributed by atoms with E-state index in [1.807, 2.05) is 0 Å². The number of hydrogen-bond donors (Lipinski definition) is 2. The highest BCUT2D eigenvalue weighted by Crippen LogP contribution is 2.32. The lowest BCUT2D eigenvalue weighted by molar-refractivity contribution is 0.137. The van der Waals surface area contributed by atoms with Gasteiger partial charge in [0.1, 0.15) is 12.7 Å². The molecule has 0 heterocycles. The smallest absolute Gasteiger partial charge is 0.450 e. The van der Waals surface area contributed by atoms with E-state index in [0.29, 0.717) is 0 Å². The fourth-order valence-corrected chi connectivity index (χ4v) is 0.676. The molecule has 5 heteroatoms. The van der Waals surface area contributed by atoms with Gasteiger partial charge in [-0.25, -0.2) is 13.6 Å². The average molecular weight is 202 g/mol. The maximum absolute atomic E-state index is 10.2. The number of benzene rings is 1. The molecule has 76 valence electrons. The second-order valence-corrected chi connectivity index (χ2v) is 2.12. The topological polar surface area (TPSA) is 57.5 Å². The van der Waals surface area contributed by atoms with Gasteiger partial charge in [0.15, 0.2) is 0 Å². The average Bonchev–Trinajstić information content (AvgIpc) is 2.74. The van der Waals surface area contributed by atoms with Crippen LogP contribution in [0.4, 0.5) is 13.6 Å². The van der Waals surface area contributed by atoms with Crippen molar-refractivity contribution in [1.82, 2.24) is 0 Å². The van der Waals surface area contributed by atoms with Crippen molar-refractivity contribution >= 4 is 6.16 Å². The maximum Gasteiger partial charge on any atom is 0.503 e. The van der Waals surface area contributed by atoms with Gasteiger partial charge in [-0.2, -0.15) is 0 Å². The molecule has 14 heavy (non-hydrogen) atoms. The summed E-state index contributed by atoms with van der Waals surface area (Å²) in [7, 11) is 0. The van der Waals surface area contributed by atoms with Gasteiger partial charge in [0.2, 0.25) is 0 Å². The van der Waals surface area contributed by atoms with Crippen molar-refractivity contribution in [3.05, 3.63) is 36.9 Å². The van der Waals surface area contributed by atoms with Crippen LogP contribution in [-0.2, 0) is 0 Å². The molecule has 0 aromatic rings. The summed E-state index contributed by atoms with van der Waals surface area (Å²) < 4.78 is 20.3. The fraction of sp³-hybridized carbons (Fsp3) is 0. The summed E-state index contributed by atoms with van der Waals surface area (Å²) >= 11 is 0. The van der Waals surface area contributed by atoms with E-state index in [1.165, 1.54) is 11.1 Å². The van der Waals surface area contributed by atoms with Crippen molar-refractivity contribution in [1.29, 1.82) is 0 Å². The molecule has 0 atom stereocenters. The molecule has 0 spiro atoms. The van der Waals surface area contributed by atoms with E-state index in [1.54, 1.807) is 0 Å². The molecule has 0 radical (unpaired) electrons. The van der Waals surface area contributed by atoms with Gasteiger partial charge < -0.3 is 10.2 Å². The summed E-state index contributed by atoms with van der Waals surface area (Å²) in [6.45, 7) is 0. The zero-order valence-corrected chi connectivity index (χ0v) is 7.02. The van der Waals surface area contributed by atoms with E-state index in [4.69, 9.17) is 15.0 Å². The zero-order chi connectivity index (χ0) is 11.0. The van der Waals surface area contributed by atoms with Crippen LogP contribution in [0.5, 0.6) is 0 Å². The number of halogens is 2. The van der Waals surface area contributed by atoms with Gasteiger partial charge in [-0.1, -0.05) is 18.2 Å². The third-order valence-corrected chi connectivity index (χ3v) is 1.16. The fourth-order valence-electron chi connectivity index (χ4n) is 0.676. The van der Waals surface area contributed by atoms with Crippen molar-refractivity contribution in [2.75, 3.05) is 0 Å². The highest BCUT2D eigenvalue weighted by atomic mass is 19.2. The summed E-state index contributed by atoms with van der Waals surface area (Å²) in [4.78, 5) is 8.56. The van der Waals surface area contributed by atoms with Gasteiger partial charge in [-0.15, -0.1) is 0 Å². The Hall–Kier alpha value is -1.91. The molecule has 0 aliphatic heterocycles. The molecule has 0 aromatic heterocycles. The number of fused-ring (bicyclic) bond motifs is 1. The Morgan fingerprint density at radius 1 is 1.14 bits per heavy atom. The van der Waals surface area contributed by atoms with Gasteiger partial charge in [-0.3, -0.25) is 0 Å². The second kappa shape index (κ2) is 6.59. The Bertz CT molecular complexity index is 298. The van der Waals surface area contributed by atoms with Crippen LogP contribution in [0.3, 0.4) is 0 Å². The third-order valence-electron chi connectivity index (χ3n) is 1.16. The summed E-state index contributed by atoms with van der Waals surface area (Å²) in [6, 6.07) is 8.48. The van der Waals surface area contributed by atoms with Crippen LogP contribution in [0.15, 0.2) is 36.9 Å². The summed E-state index contributed by atoms with van der Waals surface area (Å²) in [6.07, 6.45) is -2.17. The SMILES string of the molecule is FC=CF.O=C(O)O.c1cc2cc-2c1. The lowest BCUT2D eigenvalue weighted by atomic mass is 10.6. The van der Waals surface area contributed by atoms with E-state index in [9.17, 15) is 8.78 Å². The molecule has 0 saturated carbocycles. The van der Waals surface area contributed by atoms with Crippen LogP contribution < -0.4 is 0 Å². The monoisotopic (exact) mass is 202 g/mol. The quantitative estimate of drug-likeness (QED) is 0.689. The first kappa shape index (κ1) is 12.1. The largest absolute Gasteiger partial charge is 0.503 e. The molecule has 0 amide bonds. The van der Waals surface area contributed by atoms with Crippen molar-refractivity contribution in [2.45, 2.75) is 0 Å². The van der Waals surface area contributed by atoms with E-state index in [-0.39, 0.29) is 12.7 Å². The van der Waals surface area contributed by atoms with E-state index in [2.05, 4.69) is 24.3 Å². The molecular formula is C9H8F2O3. The lowest BCUT2D eigenvalue weighted by Crippen LogP contribution is -1.81. The Kier molecular flexibility index (Phi) is 5.69. The standard InChI is InChI=1S/C6H4.C2H2F2.CH2O3/c1-2-5-4-6(5)3-1;3-1-2-4;2-1(3)4/h1-4H;1-2H;(H2,2,3,4). The minimum absolute atomic E-state index is 0.167. The molecule has 3 nitrogen and oxygen atoms in total. The molecule has 2 aliphatic carbocycles. The first-order chi connectivity index (χ1) is 6.61. The Morgan fingerprint density at radius 3 is 1.57 bits per heavy atom.